The third-order valence-corrected chi connectivity index (χ3v) is 4.09. The number of nitrogens with zero attached hydrogens (tertiary/aromatic N) is 3. The fourth-order valence-electron chi connectivity index (χ4n) is 2.23. The van der Waals surface area contributed by atoms with Crippen LogP contribution < -0.4 is 10.6 Å². The first-order valence-corrected chi connectivity index (χ1v) is 8.31. The molecule has 0 saturated heterocycles. The van der Waals surface area contributed by atoms with Crippen LogP contribution in [0.1, 0.15) is 27.6 Å². The Hall–Kier alpha value is -2.80. The van der Waals surface area contributed by atoms with Crippen LogP contribution in [-0.2, 0) is 0 Å². The number of benzene rings is 1. The average Bonchev–Trinajstić information content (AvgIpc) is 2.97. The van der Waals surface area contributed by atoms with Crippen molar-refractivity contribution in [2.45, 2.75) is 20.8 Å². The van der Waals surface area contributed by atoms with Crippen LogP contribution in [0.3, 0.4) is 0 Å². The molecule has 0 atom stereocenters. The maximum absolute atomic E-state index is 12.3. The van der Waals surface area contributed by atoms with Crippen molar-refractivity contribution in [3.05, 3.63) is 58.5 Å². The van der Waals surface area contributed by atoms with Crippen LogP contribution in [0.25, 0.3) is 0 Å². The number of aryl methyl sites for hydroxylation is 3. The standard InChI is InChI=1S/C17H17N5OS/c1-10-6-4-5-7-13(10)20-16(23)14-9-24-17(21-14)22-15-8-11(2)18-12(3)19-15/h4-9H,1-3H3,(H,20,23)(H,18,19,21,22). The molecule has 1 amide bonds. The largest absolute Gasteiger partial charge is 0.320 e. The van der Waals surface area contributed by atoms with E-state index < -0.39 is 0 Å². The first-order chi connectivity index (χ1) is 11.5. The number of rotatable bonds is 4. The van der Waals surface area contributed by atoms with E-state index >= 15 is 0 Å². The second-order valence-corrected chi connectivity index (χ2v) is 6.23. The van der Waals surface area contributed by atoms with Gasteiger partial charge in [-0.1, -0.05) is 18.2 Å². The molecule has 7 heteroatoms. The lowest BCUT2D eigenvalue weighted by Crippen LogP contribution is -2.13. The Morgan fingerprint density at radius 3 is 2.62 bits per heavy atom. The summed E-state index contributed by atoms with van der Waals surface area (Å²) in [6, 6.07) is 9.47. The van der Waals surface area contributed by atoms with Gasteiger partial charge in [-0.3, -0.25) is 4.79 Å². The predicted octanol–water partition coefficient (Wildman–Crippen LogP) is 3.85. The highest BCUT2D eigenvalue weighted by Crippen LogP contribution is 2.21. The highest BCUT2D eigenvalue weighted by atomic mass is 32.1. The quantitative estimate of drug-likeness (QED) is 0.754. The molecule has 0 saturated carbocycles. The molecule has 3 rings (SSSR count). The molecule has 3 aromatic rings. The Kier molecular flexibility index (Phi) is 4.52. The highest BCUT2D eigenvalue weighted by molar-refractivity contribution is 7.14. The molecule has 0 bridgehead atoms. The molecule has 0 radical (unpaired) electrons. The van der Waals surface area contributed by atoms with Gasteiger partial charge in [0.25, 0.3) is 5.91 Å². The summed E-state index contributed by atoms with van der Waals surface area (Å²) in [5.74, 6) is 1.12. The van der Waals surface area contributed by atoms with Gasteiger partial charge < -0.3 is 10.6 Å². The van der Waals surface area contributed by atoms with E-state index in [2.05, 4.69) is 25.6 Å². The smallest absolute Gasteiger partial charge is 0.275 e. The van der Waals surface area contributed by atoms with E-state index in [4.69, 9.17) is 0 Å². The molecule has 122 valence electrons. The number of amides is 1. The van der Waals surface area contributed by atoms with Gasteiger partial charge in [0, 0.05) is 22.8 Å². The van der Waals surface area contributed by atoms with Gasteiger partial charge in [0.15, 0.2) is 5.13 Å². The number of thiazole rings is 1. The molecule has 0 unspecified atom stereocenters. The summed E-state index contributed by atoms with van der Waals surface area (Å²) in [7, 11) is 0. The van der Waals surface area contributed by atoms with E-state index in [9.17, 15) is 4.79 Å². The minimum Gasteiger partial charge on any atom is -0.320 e. The van der Waals surface area contributed by atoms with E-state index in [-0.39, 0.29) is 5.91 Å². The van der Waals surface area contributed by atoms with Gasteiger partial charge in [-0.15, -0.1) is 11.3 Å². The third-order valence-electron chi connectivity index (χ3n) is 3.33. The number of para-hydroxylation sites is 1. The lowest BCUT2D eigenvalue weighted by atomic mass is 10.2. The van der Waals surface area contributed by atoms with E-state index in [1.807, 2.05) is 51.1 Å². The average molecular weight is 339 g/mol. The number of hydrogen-bond acceptors (Lipinski definition) is 6. The number of nitrogens with one attached hydrogen (secondary N) is 2. The van der Waals surface area contributed by atoms with E-state index in [0.29, 0.717) is 22.5 Å². The molecule has 0 spiro atoms. The summed E-state index contributed by atoms with van der Waals surface area (Å²) < 4.78 is 0. The first-order valence-electron chi connectivity index (χ1n) is 7.43. The summed E-state index contributed by atoms with van der Waals surface area (Å²) in [5.41, 5.74) is 3.03. The molecule has 6 nitrogen and oxygen atoms in total. The van der Waals surface area contributed by atoms with Gasteiger partial charge in [0.1, 0.15) is 17.3 Å². The fraction of sp³-hybridized carbons (Fsp3) is 0.176. The van der Waals surface area contributed by atoms with Crippen molar-refractivity contribution in [1.29, 1.82) is 0 Å². The molecule has 2 heterocycles. The van der Waals surface area contributed by atoms with Crippen molar-refractivity contribution in [2.75, 3.05) is 10.6 Å². The van der Waals surface area contributed by atoms with Crippen molar-refractivity contribution < 1.29 is 4.79 Å². The SMILES string of the molecule is Cc1cc(Nc2nc(C(=O)Nc3ccccc3C)cs2)nc(C)n1. The maximum atomic E-state index is 12.3. The lowest BCUT2D eigenvalue weighted by Gasteiger charge is -2.06. The van der Waals surface area contributed by atoms with Crippen LogP contribution in [0.2, 0.25) is 0 Å². The van der Waals surface area contributed by atoms with Gasteiger partial charge in [-0.25, -0.2) is 15.0 Å². The minimum atomic E-state index is -0.233. The molecule has 0 aliphatic rings. The van der Waals surface area contributed by atoms with Gasteiger partial charge in [-0.2, -0.15) is 0 Å². The van der Waals surface area contributed by atoms with Crippen LogP contribution >= 0.6 is 11.3 Å². The van der Waals surface area contributed by atoms with Crippen molar-refractivity contribution in [3.8, 4) is 0 Å². The monoisotopic (exact) mass is 339 g/mol. The van der Waals surface area contributed by atoms with Crippen molar-refractivity contribution in [2.24, 2.45) is 0 Å². The molecular weight excluding hydrogens is 322 g/mol. The van der Waals surface area contributed by atoms with Crippen molar-refractivity contribution >= 4 is 33.9 Å². The second kappa shape index (κ2) is 6.76. The zero-order valence-electron chi connectivity index (χ0n) is 13.6. The molecule has 1 aromatic carbocycles. The highest BCUT2D eigenvalue weighted by Gasteiger charge is 2.12. The Morgan fingerprint density at radius 1 is 1.08 bits per heavy atom. The third kappa shape index (κ3) is 3.75. The minimum absolute atomic E-state index is 0.233. The van der Waals surface area contributed by atoms with Gasteiger partial charge in [0.2, 0.25) is 0 Å². The Labute approximate surface area is 144 Å². The van der Waals surface area contributed by atoms with Crippen LogP contribution in [0.4, 0.5) is 16.6 Å². The Bertz CT molecular complexity index is 870. The molecule has 2 aromatic heterocycles. The van der Waals surface area contributed by atoms with Gasteiger partial charge in [0.05, 0.1) is 0 Å². The molecule has 0 aliphatic heterocycles. The summed E-state index contributed by atoms with van der Waals surface area (Å²) in [4.78, 5) is 25.2. The van der Waals surface area contributed by atoms with Crippen molar-refractivity contribution in [3.63, 3.8) is 0 Å². The van der Waals surface area contributed by atoms with E-state index in [0.717, 1.165) is 16.9 Å². The summed E-state index contributed by atoms with van der Waals surface area (Å²) >= 11 is 1.36. The zero-order valence-corrected chi connectivity index (χ0v) is 14.4. The maximum Gasteiger partial charge on any atom is 0.275 e. The first kappa shape index (κ1) is 16.1. The van der Waals surface area contributed by atoms with Gasteiger partial charge >= 0.3 is 0 Å². The fourth-order valence-corrected chi connectivity index (χ4v) is 2.92. The lowest BCUT2D eigenvalue weighted by molar-refractivity contribution is 0.102. The number of carbonyl (C=O) groups is 1. The van der Waals surface area contributed by atoms with Crippen LogP contribution in [0.5, 0.6) is 0 Å². The Morgan fingerprint density at radius 2 is 1.88 bits per heavy atom. The molecule has 2 N–H and O–H groups in total. The molecule has 0 fully saturated rings. The summed E-state index contributed by atoms with van der Waals surface area (Å²) in [5, 5.41) is 8.32. The number of carbonyl (C=O) groups excluding carboxylic acids is 1. The molecule has 24 heavy (non-hydrogen) atoms. The zero-order chi connectivity index (χ0) is 17.1. The number of aromatic nitrogens is 3. The number of hydrogen-bond donors (Lipinski definition) is 2. The molecular formula is C17H17N5OS. The van der Waals surface area contributed by atoms with Crippen LogP contribution in [0.15, 0.2) is 35.7 Å². The van der Waals surface area contributed by atoms with Gasteiger partial charge in [-0.05, 0) is 32.4 Å². The number of anilines is 3. The van der Waals surface area contributed by atoms with Crippen LogP contribution in [0, 0.1) is 20.8 Å². The van der Waals surface area contributed by atoms with E-state index in [1.54, 1.807) is 5.38 Å². The second-order valence-electron chi connectivity index (χ2n) is 5.37. The normalized spacial score (nSPS) is 10.5. The van der Waals surface area contributed by atoms with Crippen molar-refractivity contribution in [1.82, 2.24) is 15.0 Å². The summed E-state index contributed by atoms with van der Waals surface area (Å²) in [6.07, 6.45) is 0. The topological polar surface area (TPSA) is 79.8 Å². The molecule has 0 aliphatic carbocycles. The summed E-state index contributed by atoms with van der Waals surface area (Å²) in [6.45, 7) is 5.69. The van der Waals surface area contributed by atoms with Crippen LogP contribution in [-0.4, -0.2) is 20.9 Å². The van der Waals surface area contributed by atoms with E-state index in [1.165, 1.54) is 11.3 Å². The predicted molar refractivity (Wildman–Crippen MR) is 96.0 cm³/mol. The Balaban J connectivity index is 1.73.